The number of nitrogens with zero attached hydrogens (tertiary/aromatic N) is 4. The molecule has 1 fully saturated rings. The summed E-state index contributed by atoms with van der Waals surface area (Å²) in [7, 11) is 1.84. The minimum Gasteiger partial charge on any atom is -0.352 e. The van der Waals surface area contributed by atoms with Crippen LogP contribution in [0.1, 0.15) is 10.5 Å². The van der Waals surface area contributed by atoms with Crippen molar-refractivity contribution in [1.82, 2.24) is 14.9 Å². The third kappa shape index (κ3) is 2.31. The van der Waals surface area contributed by atoms with Gasteiger partial charge in [0.15, 0.2) is 0 Å². The number of anilines is 1. The summed E-state index contributed by atoms with van der Waals surface area (Å²) in [6.07, 6.45) is 1.78. The summed E-state index contributed by atoms with van der Waals surface area (Å²) in [6, 6.07) is 6.09. The van der Waals surface area contributed by atoms with Crippen LogP contribution in [0.5, 0.6) is 0 Å². The lowest BCUT2D eigenvalue weighted by atomic mass is 10.1. The number of aromatic nitrogens is 2. The summed E-state index contributed by atoms with van der Waals surface area (Å²) in [5.74, 6) is 0.958. The van der Waals surface area contributed by atoms with Gasteiger partial charge >= 0.3 is 0 Å². The van der Waals surface area contributed by atoms with Gasteiger partial charge in [-0.1, -0.05) is 6.07 Å². The first-order chi connectivity index (χ1) is 9.25. The molecular formula is C13H14N4OS. The van der Waals surface area contributed by atoms with Crippen LogP contribution in [0.15, 0.2) is 35.3 Å². The van der Waals surface area contributed by atoms with Crippen molar-refractivity contribution in [2.75, 3.05) is 25.0 Å². The van der Waals surface area contributed by atoms with Crippen LogP contribution in [0.2, 0.25) is 0 Å². The first kappa shape index (κ1) is 12.1. The first-order valence-electron chi connectivity index (χ1n) is 6.07. The van der Waals surface area contributed by atoms with Gasteiger partial charge in [-0.25, -0.2) is 9.97 Å². The quantitative estimate of drug-likeness (QED) is 0.851. The van der Waals surface area contributed by atoms with Crippen LogP contribution >= 0.6 is 11.3 Å². The second kappa shape index (κ2) is 4.97. The van der Waals surface area contributed by atoms with E-state index < -0.39 is 0 Å². The van der Waals surface area contributed by atoms with Crippen LogP contribution in [0, 0.1) is 0 Å². The van der Waals surface area contributed by atoms with Crippen LogP contribution in [-0.4, -0.2) is 47.0 Å². The molecule has 0 unspecified atom stereocenters. The topological polar surface area (TPSA) is 49.3 Å². The molecule has 0 saturated carbocycles. The maximum Gasteiger partial charge on any atom is 0.273 e. The van der Waals surface area contributed by atoms with E-state index in [1.165, 1.54) is 11.3 Å². The molecule has 98 valence electrons. The largest absolute Gasteiger partial charge is 0.352 e. The Kier molecular flexibility index (Phi) is 3.16. The molecule has 2 aromatic rings. The molecule has 0 aliphatic carbocycles. The molecule has 1 aliphatic rings. The monoisotopic (exact) mass is 274 g/mol. The van der Waals surface area contributed by atoms with E-state index in [4.69, 9.17) is 0 Å². The molecule has 19 heavy (non-hydrogen) atoms. The summed E-state index contributed by atoms with van der Waals surface area (Å²) in [5, 5.41) is 1.79. The van der Waals surface area contributed by atoms with E-state index in [1.54, 1.807) is 22.0 Å². The fourth-order valence-electron chi connectivity index (χ4n) is 2.09. The summed E-state index contributed by atoms with van der Waals surface area (Å²) < 4.78 is 0. The van der Waals surface area contributed by atoms with Crippen molar-refractivity contribution in [3.63, 3.8) is 0 Å². The minimum absolute atomic E-state index is 0.00748. The molecule has 0 atom stereocenters. The Morgan fingerprint density at radius 1 is 1.42 bits per heavy atom. The number of carbonyl (C=O) groups is 1. The number of hydrogen-bond acceptors (Lipinski definition) is 5. The van der Waals surface area contributed by atoms with Gasteiger partial charge in [0.2, 0.25) is 0 Å². The second-order valence-electron chi connectivity index (χ2n) is 4.54. The predicted molar refractivity (Wildman–Crippen MR) is 74.4 cm³/mol. The van der Waals surface area contributed by atoms with E-state index in [9.17, 15) is 4.79 Å². The summed E-state index contributed by atoms with van der Waals surface area (Å²) in [6.45, 7) is 1.65. The number of amides is 1. The lowest BCUT2D eigenvalue weighted by Gasteiger charge is -2.44. The standard InChI is InChI=1S/C13H14N4OS/c1-16(13(18)11-8-19-9-15-11)10-6-17(7-10)12-4-2-3-5-14-12/h2-5,8-10H,6-7H2,1H3. The van der Waals surface area contributed by atoms with Crippen molar-refractivity contribution >= 4 is 23.1 Å². The predicted octanol–water partition coefficient (Wildman–Crippen LogP) is 1.50. The van der Waals surface area contributed by atoms with Gasteiger partial charge in [0.25, 0.3) is 5.91 Å². The molecule has 1 saturated heterocycles. The van der Waals surface area contributed by atoms with E-state index in [1.807, 2.05) is 25.2 Å². The second-order valence-corrected chi connectivity index (χ2v) is 5.26. The van der Waals surface area contributed by atoms with Crippen molar-refractivity contribution in [2.45, 2.75) is 6.04 Å². The van der Waals surface area contributed by atoms with Crippen molar-refractivity contribution in [3.05, 3.63) is 41.0 Å². The zero-order valence-electron chi connectivity index (χ0n) is 10.6. The van der Waals surface area contributed by atoms with Gasteiger partial charge in [-0.3, -0.25) is 4.79 Å². The lowest BCUT2D eigenvalue weighted by Crippen LogP contribution is -2.60. The summed E-state index contributed by atoms with van der Waals surface area (Å²) in [4.78, 5) is 24.4. The lowest BCUT2D eigenvalue weighted by molar-refractivity contribution is 0.0700. The zero-order chi connectivity index (χ0) is 13.2. The van der Waals surface area contributed by atoms with Crippen LogP contribution in [0.3, 0.4) is 0 Å². The molecule has 1 aliphatic heterocycles. The SMILES string of the molecule is CN(C(=O)c1cscn1)C1CN(c2ccccn2)C1. The van der Waals surface area contributed by atoms with E-state index in [0.717, 1.165) is 18.9 Å². The third-order valence-electron chi connectivity index (χ3n) is 3.36. The van der Waals surface area contributed by atoms with E-state index in [2.05, 4.69) is 14.9 Å². The summed E-state index contributed by atoms with van der Waals surface area (Å²) in [5.41, 5.74) is 2.21. The van der Waals surface area contributed by atoms with Crippen LogP contribution < -0.4 is 4.90 Å². The molecule has 0 radical (unpaired) electrons. The van der Waals surface area contributed by atoms with Crippen molar-refractivity contribution in [1.29, 1.82) is 0 Å². The van der Waals surface area contributed by atoms with Crippen molar-refractivity contribution in [3.8, 4) is 0 Å². The number of likely N-dealkylation sites (N-methyl/N-ethyl adjacent to an activating group) is 1. The van der Waals surface area contributed by atoms with Gasteiger partial charge in [0.05, 0.1) is 11.6 Å². The van der Waals surface area contributed by atoms with Gasteiger partial charge in [-0.05, 0) is 12.1 Å². The van der Waals surface area contributed by atoms with Crippen molar-refractivity contribution in [2.24, 2.45) is 0 Å². The van der Waals surface area contributed by atoms with Gasteiger partial charge in [0.1, 0.15) is 11.5 Å². The number of pyridine rings is 1. The molecule has 1 amide bonds. The molecule has 5 nitrogen and oxygen atoms in total. The molecule has 6 heteroatoms. The highest BCUT2D eigenvalue weighted by atomic mass is 32.1. The highest BCUT2D eigenvalue weighted by Gasteiger charge is 2.33. The average Bonchev–Trinajstić information content (AvgIpc) is 2.91. The smallest absolute Gasteiger partial charge is 0.273 e. The van der Waals surface area contributed by atoms with Crippen LogP contribution in [-0.2, 0) is 0 Å². The highest BCUT2D eigenvalue weighted by Crippen LogP contribution is 2.21. The normalized spacial score (nSPS) is 15.1. The van der Waals surface area contributed by atoms with Gasteiger partial charge < -0.3 is 9.80 Å². The molecule has 2 aromatic heterocycles. The number of hydrogen-bond donors (Lipinski definition) is 0. The zero-order valence-corrected chi connectivity index (χ0v) is 11.4. The van der Waals surface area contributed by atoms with Crippen LogP contribution in [0.4, 0.5) is 5.82 Å². The maximum atomic E-state index is 12.1. The third-order valence-corrected chi connectivity index (χ3v) is 3.94. The van der Waals surface area contributed by atoms with Gasteiger partial charge in [-0.15, -0.1) is 11.3 Å². The Balaban J connectivity index is 1.60. The van der Waals surface area contributed by atoms with E-state index in [-0.39, 0.29) is 11.9 Å². The molecular weight excluding hydrogens is 260 g/mol. The Morgan fingerprint density at radius 3 is 2.89 bits per heavy atom. The van der Waals surface area contributed by atoms with Crippen molar-refractivity contribution < 1.29 is 4.79 Å². The molecule has 0 aromatic carbocycles. The Labute approximate surface area is 115 Å². The van der Waals surface area contributed by atoms with E-state index in [0.29, 0.717) is 5.69 Å². The van der Waals surface area contributed by atoms with E-state index >= 15 is 0 Å². The average molecular weight is 274 g/mol. The van der Waals surface area contributed by atoms with Crippen LogP contribution in [0.25, 0.3) is 0 Å². The highest BCUT2D eigenvalue weighted by molar-refractivity contribution is 7.07. The maximum absolute atomic E-state index is 12.1. The Hall–Kier alpha value is -1.95. The number of thiazole rings is 1. The fourth-order valence-corrected chi connectivity index (χ4v) is 2.62. The number of carbonyl (C=O) groups excluding carboxylic acids is 1. The van der Waals surface area contributed by atoms with Gasteiger partial charge in [0, 0.05) is 31.7 Å². The summed E-state index contributed by atoms with van der Waals surface area (Å²) >= 11 is 1.44. The Morgan fingerprint density at radius 2 is 2.26 bits per heavy atom. The molecule has 0 spiro atoms. The number of rotatable bonds is 3. The molecule has 0 N–H and O–H groups in total. The molecule has 0 bridgehead atoms. The molecule has 3 heterocycles. The van der Waals surface area contributed by atoms with Gasteiger partial charge in [-0.2, -0.15) is 0 Å². The minimum atomic E-state index is -0.00748. The molecule has 3 rings (SSSR count). The Bertz CT molecular complexity index is 551. The first-order valence-corrected chi connectivity index (χ1v) is 7.01. The fraction of sp³-hybridized carbons (Fsp3) is 0.308.